The highest BCUT2D eigenvalue weighted by Crippen LogP contribution is 2.31. The van der Waals surface area contributed by atoms with Gasteiger partial charge in [-0.2, -0.15) is 0 Å². The highest BCUT2D eigenvalue weighted by atomic mass is 16.3. The van der Waals surface area contributed by atoms with Crippen molar-refractivity contribution < 1.29 is 9.90 Å². The second kappa shape index (κ2) is 5.87. The van der Waals surface area contributed by atoms with Gasteiger partial charge in [-0.05, 0) is 38.0 Å². The predicted molar refractivity (Wildman–Crippen MR) is 72.1 cm³/mol. The second-order valence-corrected chi connectivity index (χ2v) is 6.13. The number of rotatable bonds is 3. The lowest BCUT2D eigenvalue weighted by molar-refractivity contribution is -0.127. The van der Waals surface area contributed by atoms with E-state index in [1.807, 2.05) is 0 Å². The van der Waals surface area contributed by atoms with Crippen LogP contribution in [0.4, 0.5) is 0 Å². The number of nitrogens with one attached hydrogen (secondary N) is 1. The Kier molecular flexibility index (Phi) is 4.44. The number of amides is 1. The zero-order valence-corrected chi connectivity index (χ0v) is 11.3. The summed E-state index contributed by atoms with van der Waals surface area (Å²) in [6, 6.07) is 0. The fraction of sp³-hybridized carbons (Fsp3) is 0.800. The van der Waals surface area contributed by atoms with Crippen molar-refractivity contribution in [2.24, 2.45) is 11.8 Å². The maximum absolute atomic E-state index is 12.0. The minimum atomic E-state index is -0.669. The molecule has 1 amide bonds. The Balaban J connectivity index is 1.79. The molecule has 0 aromatic carbocycles. The molecule has 0 saturated heterocycles. The summed E-state index contributed by atoms with van der Waals surface area (Å²) in [6.07, 6.45) is 10.9. The molecule has 2 rings (SSSR count). The number of carbonyl (C=O) groups is 1. The van der Waals surface area contributed by atoms with Gasteiger partial charge in [-0.1, -0.05) is 31.9 Å². The predicted octanol–water partition coefficient (Wildman–Crippen LogP) is 2.40. The van der Waals surface area contributed by atoms with Gasteiger partial charge < -0.3 is 10.4 Å². The molecule has 0 bridgehead atoms. The third-order valence-corrected chi connectivity index (χ3v) is 4.30. The van der Waals surface area contributed by atoms with E-state index in [9.17, 15) is 9.90 Å². The summed E-state index contributed by atoms with van der Waals surface area (Å²) >= 11 is 0. The molecule has 0 spiro atoms. The molecule has 3 unspecified atom stereocenters. The van der Waals surface area contributed by atoms with E-state index < -0.39 is 5.60 Å². The topological polar surface area (TPSA) is 49.3 Å². The molecule has 2 N–H and O–H groups in total. The van der Waals surface area contributed by atoms with Crippen molar-refractivity contribution in [1.29, 1.82) is 0 Å². The van der Waals surface area contributed by atoms with Gasteiger partial charge in [0.05, 0.1) is 5.60 Å². The van der Waals surface area contributed by atoms with Crippen molar-refractivity contribution in [3.8, 4) is 0 Å². The van der Waals surface area contributed by atoms with Gasteiger partial charge in [-0.25, -0.2) is 0 Å². The Hall–Kier alpha value is -0.830. The van der Waals surface area contributed by atoms with Gasteiger partial charge in [-0.15, -0.1) is 0 Å². The molecule has 0 aromatic rings. The first-order valence-electron chi connectivity index (χ1n) is 7.24. The summed E-state index contributed by atoms with van der Waals surface area (Å²) in [5.74, 6) is 0.795. The van der Waals surface area contributed by atoms with Crippen LogP contribution >= 0.6 is 0 Å². The van der Waals surface area contributed by atoms with Crippen LogP contribution in [0.15, 0.2) is 12.2 Å². The second-order valence-electron chi connectivity index (χ2n) is 6.13. The number of hydrogen-bond donors (Lipinski definition) is 2. The zero-order chi connectivity index (χ0) is 13.0. The maximum Gasteiger partial charge on any atom is 0.223 e. The average Bonchev–Trinajstić information content (AvgIpc) is 2.37. The Labute approximate surface area is 110 Å². The highest BCUT2D eigenvalue weighted by molar-refractivity contribution is 5.79. The van der Waals surface area contributed by atoms with E-state index >= 15 is 0 Å². The summed E-state index contributed by atoms with van der Waals surface area (Å²) < 4.78 is 0. The van der Waals surface area contributed by atoms with Crippen LogP contribution in [0.25, 0.3) is 0 Å². The standard InChI is InChI=1S/C15H25NO2/c1-12-6-5-9-15(18,10-12)11-16-14(17)13-7-3-2-4-8-13/h2-3,12-13,18H,4-11H2,1H3,(H,16,17). The van der Waals surface area contributed by atoms with Gasteiger partial charge in [-0.3, -0.25) is 4.79 Å². The van der Waals surface area contributed by atoms with Crippen LogP contribution in [0.3, 0.4) is 0 Å². The van der Waals surface area contributed by atoms with Crippen molar-refractivity contribution in [1.82, 2.24) is 5.32 Å². The van der Waals surface area contributed by atoms with E-state index in [1.165, 1.54) is 6.42 Å². The molecule has 3 nitrogen and oxygen atoms in total. The molecule has 18 heavy (non-hydrogen) atoms. The number of aliphatic hydroxyl groups is 1. The fourth-order valence-corrected chi connectivity index (χ4v) is 3.22. The smallest absolute Gasteiger partial charge is 0.223 e. The molecular weight excluding hydrogens is 226 g/mol. The van der Waals surface area contributed by atoms with E-state index in [2.05, 4.69) is 24.4 Å². The zero-order valence-electron chi connectivity index (χ0n) is 11.3. The maximum atomic E-state index is 12.0. The molecule has 1 fully saturated rings. The van der Waals surface area contributed by atoms with Crippen LogP contribution in [-0.2, 0) is 4.79 Å². The van der Waals surface area contributed by atoms with E-state index in [1.54, 1.807) is 0 Å². The van der Waals surface area contributed by atoms with Gasteiger partial charge in [0.25, 0.3) is 0 Å². The van der Waals surface area contributed by atoms with Crippen molar-refractivity contribution in [3.05, 3.63) is 12.2 Å². The highest BCUT2D eigenvalue weighted by Gasteiger charge is 2.33. The quantitative estimate of drug-likeness (QED) is 0.757. The molecular formula is C15H25NO2. The third kappa shape index (κ3) is 3.58. The van der Waals surface area contributed by atoms with Crippen molar-refractivity contribution in [2.45, 2.75) is 57.5 Å². The summed E-state index contributed by atoms with van der Waals surface area (Å²) in [4.78, 5) is 12.0. The minimum Gasteiger partial charge on any atom is -0.388 e. The number of hydrogen-bond acceptors (Lipinski definition) is 2. The first-order valence-corrected chi connectivity index (χ1v) is 7.24. The molecule has 2 aliphatic rings. The first kappa shape index (κ1) is 13.6. The normalized spacial score (nSPS) is 36.3. The van der Waals surface area contributed by atoms with Gasteiger partial charge in [0.15, 0.2) is 0 Å². The summed E-state index contributed by atoms with van der Waals surface area (Å²) in [5, 5.41) is 13.4. The molecule has 3 heteroatoms. The lowest BCUT2D eigenvalue weighted by atomic mass is 9.79. The van der Waals surface area contributed by atoms with Crippen LogP contribution < -0.4 is 5.32 Å². The Morgan fingerprint density at radius 2 is 2.28 bits per heavy atom. The minimum absolute atomic E-state index is 0.111. The molecule has 0 radical (unpaired) electrons. The molecule has 2 aliphatic carbocycles. The Morgan fingerprint density at radius 1 is 1.44 bits per heavy atom. The summed E-state index contributed by atoms with van der Waals surface area (Å²) in [6.45, 7) is 2.61. The lowest BCUT2D eigenvalue weighted by Crippen LogP contribution is -2.47. The van der Waals surface area contributed by atoms with E-state index in [0.717, 1.165) is 38.5 Å². The van der Waals surface area contributed by atoms with Gasteiger partial charge in [0.1, 0.15) is 0 Å². The first-order chi connectivity index (χ1) is 8.59. The number of allylic oxidation sites excluding steroid dienone is 2. The van der Waals surface area contributed by atoms with E-state index in [0.29, 0.717) is 12.5 Å². The van der Waals surface area contributed by atoms with Gasteiger partial charge in [0.2, 0.25) is 5.91 Å². The van der Waals surface area contributed by atoms with Crippen molar-refractivity contribution in [3.63, 3.8) is 0 Å². The van der Waals surface area contributed by atoms with Crippen LogP contribution in [0, 0.1) is 11.8 Å². The van der Waals surface area contributed by atoms with Gasteiger partial charge in [0, 0.05) is 12.5 Å². The van der Waals surface area contributed by atoms with Crippen molar-refractivity contribution in [2.75, 3.05) is 6.54 Å². The average molecular weight is 251 g/mol. The summed E-state index contributed by atoms with van der Waals surface area (Å²) in [7, 11) is 0. The summed E-state index contributed by atoms with van der Waals surface area (Å²) in [5.41, 5.74) is -0.669. The van der Waals surface area contributed by atoms with Crippen LogP contribution in [0.1, 0.15) is 51.9 Å². The Bertz CT molecular complexity index is 326. The van der Waals surface area contributed by atoms with Crippen molar-refractivity contribution >= 4 is 5.91 Å². The molecule has 0 aromatic heterocycles. The van der Waals surface area contributed by atoms with Crippen LogP contribution in [0.5, 0.6) is 0 Å². The molecule has 0 aliphatic heterocycles. The lowest BCUT2D eigenvalue weighted by Gasteiger charge is -2.36. The molecule has 1 saturated carbocycles. The van der Waals surface area contributed by atoms with Crippen LogP contribution in [0.2, 0.25) is 0 Å². The molecule has 102 valence electrons. The number of carbonyl (C=O) groups excluding carboxylic acids is 1. The van der Waals surface area contributed by atoms with E-state index in [-0.39, 0.29) is 11.8 Å². The molecule has 0 heterocycles. The third-order valence-electron chi connectivity index (χ3n) is 4.30. The monoisotopic (exact) mass is 251 g/mol. The van der Waals surface area contributed by atoms with E-state index in [4.69, 9.17) is 0 Å². The molecule has 3 atom stereocenters. The SMILES string of the molecule is CC1CCCC(O)(CNC(=O)C2CC=CCC2)C1. The van der Waals surface area contributed by atoms with Crippen LogP contribution in [-0.4, -0.2) is 23.2 Å². The fourth-order valence-electron chi connectivity index (χ4n) is 3.22. The van der Waals surface area contributed by atoms with Gasteiger partial charge >= 0.3 is 0 Å². The largest absolute Gasteiger partial charge is 0.388 e. The Morgan fingerprint density at radius 3 is 2.94 bits per heavy atom.